The molecule has 0 aliphatic rings. The minimum atomic E-state index is -2.20. The lowest BCUT2D eigenvalue weighted by Gasteiger charge is -2.27. The molecule has 0 radical (unpaired) electrons. The van der Waals surface area contributed by atoms with Crippen molar-refractivity contribution in [3.05, 3.63) is 95.4 Å². The summed E-state index contributed by atoms with van der Waals surface area (Å²) in [6.07, 6.45) is 0. The second kappa shape index (κ2) is 9.48. The van der Waals surface area contributed by atoms with Crippen molar-refractivity contribution in [3.8, 4) is 5.75 Å². The molecule has 27 heavy (non-hydrogen) atoms. The molecule has 0 bridgehead atoms. The van der Waals surface area contributed by atoms with E-state index in [0.717, 1.165) is 5.30 Å². The zero-order valence-electron chi connectivity index (χ0n) is 14.3. The maximum Gasteiger partial charge on any atom is 0.136 e. The summed E-state index contributed by atoms with van der Waals surface area (Å²) in [4.78, 5) is 7.63. The van der Waals surface area contributed by atoms with Crippen LogP contribution in [0.2, 0.25) is 0 Å². The average molecular weight is 430 g/mol. The van der Waals surface area contributed by atoms with Crippen molar-refractivity contribution in [1.29, 1.82) is 0 Å². The van der Waals surface area contributed by atoms with Crippen molar-refractivity contribution in [2.45, 2.75) is 0 Å². The summed E-state index contributed by atoms with van der Waals surface area (Å²) in [5.41, 5.74) is 8.43. The van der Waals surface area contributed by atoms with E-state index in [4.69, 9.17) is 14.9 Å². The number of nitrogens with zero attached hydrogens (tertiary/aromatic N) is 4. The quantitative estimate of drug-likeness (QED) is 0.162. The van der Waals surface area contributed by atoms with Crippen LogP contribution >= 0.6 is 32.4 Å². The van der Waals surface area contributed by atoms with E-state index in [-0.39, 0.29) is 0 Å². The molecule has 0 heterocycles. The number of azide groups is 1. The van der Waals surface area contributed by atoms with E-state index in [2.05, 4.69) is 76.6 Å². The van der Waals surface area contributed by atoms with Crippen LogP contribution in [0.25, 0.3) is 10.4 Å². The Morgan fingerprint density at radius 3 is 1.70 bits per heavy atom. The van der Waals surface area contributed by atoms with Crippen molar-refractivity contribution in [2.24, 2.45) is 9.79 Å². The van der Waals surface area contributed by atoms with Crippen molar-refractivity contribution >= 4 is 48.3 Å². The highest BCUT2D eigenvalue weighted by molar-refractivity contribution is 8.43. The Hall–Kier alpha value is -1.71. The number of rotatable bonds is 6. The summed E-state index contributed by atoms with van der Waals surface area (Å²) in [6, 6.07) is 28.4. The van der Waals surface area contributed by atoms with E-state index in [1.807, 2.05) is 36.4 Å². The van der Waals surface area contributed by atoms with E-state index >= 15 is 0 Å². The minimum absolute atomic E-state index is 0.495. The molecule has 0 fully saturated rings. The first-order valence-electron chi connectivity index (χ1n) is 8.02. The maximum absolute atomic E-state index is 8.43. The first-order chi connectivity index (χ1) is 13.2. The monoisotopic (exact) mass is 430 g/mol. The maximum atomic E-state index is 8.43. The van der Waals surface area contributed by atoms with Crippen LogP contribution in [0.5, 0.6) is 5.75 Å². The fraction of sp³-hybridized carbons (Fsp3) is 0. The number of hydrogen-bond donors (Lipinski definition) is 0. The molecule has 0 aromatic heterocycles. The van der Waals surface area contributed by atoms with E-state index < -0.39 is 14.5 Å². The molecule has 3 rings (SSSR count). The van der Waals surface area contributed by atoms with Crippen molar-refractivity contribution in [3.63, 3.8) is 0 Å². The van der Waals surface area contributed by atoms with Crippen molar-refractivity contribution < 1.29 is 4.84 Å². The Morgan fingerprint density at radius 1 is 0.778 bits per heavy atom. The molecule has 0 saturated carbocycles. The van der Waals surface area contributed by atoms with Gasteiger partial charge in [-0.2, -0.15) is 0 Å². The van der Waals surface area contributed by atoms with E-state index in [9.17, 15) is 0 Å². The van der Waals surface area contributed by atoms with Crippen molar-refractivity contribution in [1.82, 2.24) is 0 Å². The Labute approximate surface area is 164 Å². The highest BCUT2D eigenvalue weighted by Gasteiger charge is 2.27. The predicted molar refractivity (Wildman–Crippen MR) is 124 cm³/mol. The molecule has 0 aliphatic carbocycles. The van der Waals surface area contributed by atoms with Gasteiger partial charge in [0.05, 0.1) is 14.5 Å². The predicted octanol–water partition coefficient (Wildman–Crippen LogP) is 5.75. The van der Waals surface area contributed by atoms with Crippen LogP contribution in [-0.2, 0) is 0 Å². The lowest BCUT2D eigenvalue weighted by Crippen LogP contribution is -2.25. The van der Waals surface area contributed by atoms with Gasteiger partial charge in [0.2, 0.25) is 0 Å². The second-order valence-electron chi connectivity index (χ2n) is 5.53. The lowest BCUT2D eigenvalue weighted by atomic mass is 10.3. The van der Waals surface area contributed by atoms with Crippen LogP contribution in [0.1, 0.15) is 0 Å². The summed E-state index contributed by atoms with van der Waals surface area (Å²) in [7, 11) is 2.76. The zero-order valence-corrected chi connectivity index (χ0v) is 18.4. The van der Waals surface area contributed by atoms with Gasteiger partial charge in [0, 0.05) is 20.8 Å². The van der Waals surface area contributed by atoms with Gasteiger partial charge in [0.15, 0.2) is 0 Å². The Morgan fingerprint density at radius 2 is 1.26 bits per heavy atom. The van der Waals surface area contributed by atoms with Crippen LogP contribution in [0.15, 0.2) is 94.7 Å². The standard InChI is InChI=1S/C18H18N4OP4/c19-20-21-23-15-11-13-18(14-12-15)27(22-26(24)25,16-7-3-1-4-8-16)17-9-5-2-6-10-17/h1-14H,24-25H2. The Kier molecular flexibility index (Phi) is 7.03. The highest BCUT2D eigenvalue weighted by Crippen LogP contribution is 2.63. The molecule has 0 aliphatic heterocycles. The van der Waals surface area contributed by atoms with Gasteiger partial charge in [-0.15, -0.1) is 0 Å². The van der Waals surface area contributed by atoms with Gasteiger partial charge in [-0.05, 0) is 29.8 Å². The Balaban J connectivity index is 2.28. The minimum Gasteiger partial charge on any atom is -0.394 e. The molecule has 2 atom stereocenters. The van der Waals surface area contributed by atoms with Crippen LogP contribution in [0, 0.1) is 0 Å². The molecule has 0 amide bonds. The third-order valence-corrected chi connectivity index (χ3v) is 10.8. The molecule has 136 valence electrons. The molecule has 5 nitrogen and oxygen atoms in total. The van der Waals surface area contributed by atoms with Gasteiger partial charge >= 0.3 is 0 Å². The normalized spacial score (nSPS) is 10.9. The molecular formula is C18H18N4OP4. The zero-order chi connectivity index (χ0) is 19.1. The van der Waals surface area contributed by atoms with Crippen LogP contribution in [0.4, 0.5) is 0 Å². The van der Waals surface area contributed by atoms with E-state index in [0.29, 0.717) is 5.75 Å². The van der Waals surface area contributed by atoms with Gasteiger partial charge in [0.1, 0.15) is 11.0 Å². The number of hydrogen-bond acceptors (Lipinski definition) is 3. The summed E-state index contributed by atoms with van der Waals surface area (Å²) in [5, 5.41) is 6.66. The molecule has 0 N–H and O–H groups in total. The van der Waals surface area contributed by atoms with Crippen LogP contribution in [-0.4, -0.2) is 0 Å². The molecular weight excluding hydrogens is 412 g/mol. The van der Waals surface area contributed by atoms with Gasteiger partial charge in [0.25, 0.3) is 0 Å². The fourth-order valence-corrected chi connectivity index (χ4v) is 10.8. The van der Waals surface area contributed by atoms with Gasteiger partial charge in [-0.3, -0.25) is 4.52 Å². The van der Waals surface area contributed by atoms with Crippen LogP contribution in [0.3, 0.4) is 0 Å². The first-order valence-corrected chi connectivity index (χ1v) is 14.3. The highest BCUT2D eigenvalue weighted by atomic mass is 32.4. The van der Waals surface area contributed by atoms with Gasteiger partial charge in [-0.25, -0.2) is 0 Å². The third kappa shape index (κ3) is 4.59. The van der Waals surface area contributed by atoms with Gasteiger partial charge < -0.3 is 4.84 Å². The van der Waals surface area contributed by atoms with Crippen LogP contribution < -0.4 is 20.8 Å². The van der Waals surface area contributed by atoms with Gasteiger partial charge in [-0.1, -0.05) is 78.5 Å². The summed E-state index contributed by atoms with van der Waals surface area (Å²) >= 11 is 0. The SMILES string of the molecule is [N-]=[N+]=NOc1ccc(P(=NP(P)P)(c2ccccc2)c2ccccc2)cc1. The van der Waals surface area contributed by atoms with Crippen molar-refractivity contribution in [2.75, 3.05) is 0 Å². The average Bonchev–Trinajstić information content (AvgIpc) is 2.72. The molecule has 3 aromatic carbocycles. The fourth-order valence-electron chi connectivity index (χ4n) is 2.83. The largest absolute Gasteiger partial charge is 0.394 e. The third-order valence-electron chi connectivity index (χ3n) is 3.89. The Bertz CT molecular complexity index is 945. The molecule has 0 saturated heterocycles. The van der Waals surface area contributed by atoms with E-state index in [1.54, 1.807) is 0 Å². The molecule has 0 spiro atoms. The van der Waals surface area contributed by atoms with E-state index in [1.165, 1.54) is 10.6 Å². The molecule has 9 heteroatoms. The second-order valence-corrected chi connectivity index (χ2v) is 14.8. The topological polar surface area (TPSA) is 70.4 Å². The summed E-state index contributed by atoms with van der Waals surface area (Å²) < 4.78 is 5.29. The smallest absolute Gasteiger partial charge is 0.136 e. The lowest BCUT2D eigenvalue weighted by molar-refractivity contribution is 0.333. The molecule has 3 aromatic rings. The summed E-state index contributed by atoms with van der Waals surface area (Å²) in [5.74, 6) is 0.495. The molecule has 2 unspecified atom stereocenters. The first kappa shape index (κ1) is 20.0. The number of benzene rings is 3. The summed E-state index contributed by atoms with van der Waals surface area (Å²) in [6.45, 7) is 0.